The number of carbonyl (C=O) groups is 1. The summed E-state index contributed by atoms with van der Waals surface area (Å²) in [6.07, 6.45) is 2.80. The number of carbonyl (C=O) groups excluding carboxylic acids is 1. The zero-order chi connectivity index (χ0) is 17.7. The predicted octanol–water partition coefficient (Wildman–Crippen LogP) is 3.95. The fraction of sp³-hybridized carbons (Fsp3) is 0.632. The van der Waals surface area contributed by atoms with Gasteiger partial charge in [0.25, 0.3) is 0 Å². The first-order chi connectivity index (χ1) is 11.2. The summed E-state index contributed by atoms with van der Waals surface area (Å²) < 4.78 is 5.48. The molecule has 0 aromatic heterocycles. The maximum absolute atomic E-state index is 12.2. The van der Waals surface area contributed by atoms with Crippen molar-refractivity contribution in [1.29, 1.82) is 0 Å². The Morgan fingerprint density at radius 3 is 2.42 bits per heavy atom. The van der Waals surface area contributed by atoms with E-state index in [1.807, 2.05) is 39.8 Å². The first-order valence-corrected chi connectivity index (χ1v) is 8.76. The lowest BCUT2D eigenvalue weighted by Crippen LogP contribution is -2.37. The first-order valence-electron chi connectivity index (χ1n) is 8.76. The van der Waals surface area contributed by atoms with Gasteiger partial charge in [-0.05, 0) is 64.3 Å². The molecule has 1 fully saturated rings. The van der Waals surface area contributed by atoms with E-state index < -0.39 is 5.60 Å². The van der Waals surface area contributed by atoms with Crippen molar-refractivity contribution in [2.24, 2.45) is 0 Å². The van der Waals surface area contributed by atoms with E-state index in [4.69, 9.17) is 4.74 Å². The van der Waals surface area contributed by atoms with Crippen LogP contribution in [0.15, 0.2) is 24.3 Å². The van der Waals surface area contributed by atoms with Crippen LogP contribution in [0.5, 0.6) is 0 Å². The molecule has 0 spiro atoms. The fourth-order valence-corrected chi connectivity index (χ4v) is 2.84. The molecule has 1 aromatic carbocycles. The van der Waals surface area contributed by atoms with E-state index in [-0.39, 0.29) is 6.09 Å². The third-order valence-electron chi connectivity index (χ3n) is 4.13. The van der Waals surface area contributed by atoms with Gasteiger partial charge in [-0.15, -0.1) is 0 Å². The minimum Gasteiger partial charge on any atom is -0.444 e. The van der Waals surface area contributed by atoms with Gasteiger partial charge in [-0.2, -0.15) is 0 Å². The van der Waals surface area contributed by atoms with E-state index in [1.54, 1.807) is 0 Å². The SMILES string of the molecule is CN(C)c1ccc(NC2CCCN(C(=O)OC(C)(C)C)CC2)cc1. The summed E-state index contributed by atoms with van der Waals surface area (Å²) in [7, 11) is 4.08. The number of hydrogen-bond acceptors (Lipinski definition) is 4. The molecular formula is C19H31N3O2. The number of rotatable bonds is 3. The number of nitrogens with zero attached hydrogens (tertiary/aromatic N) is 2. The summed E-state index contributed by atoms with van der Waals surface area (Å²) in [5.74, 6) is 0. The van der Waals surface area contributed by atoms with Gasteiger partial charge in [0.05, 0.1) is 0 Å². The number of hydrogen-bond donors (Lipinski definition) is 1. The van der Waals surface area contributed by atoms with Gasteiger partial charge in [0, 0.05) is 44.6 Å². The van der Waals surface area contributed by atoms with Gasteiger partial charge in [-0.1, -0.05) is 0 Å². The first kappa shape index (κ1) is 18.4. The van der Waals surface area contributed by atoms with Crippen LogP contribution in [0, 0.1) is 0 Å². The summed E-state index contributed by atoms with van der Waals surface area (Å²) in [5, 5.41) is 3.60. The van der Waals surface area contributed by atoms with Crippen molar-refractivity contribution in [2.75, 3.05) is 37.4 Å². The number of nitrogens with one attached hydrogen (secondary N) is 1. The molecule has 0 bridgehead atoms. The van der Waals surface area contributed by atoms with Crippen molar-refractivity contribution in [3.63, 3.8) is 0 Å². The van der Waals surface area contributed by atoms with Gasteiger partial charge in [0.2, 0.25) is 0 Å². The Morgan fingerprint density at radius 2 is 1.83 bits per heavy atom. The van der Waals surface area contributed by atoms with Crippen LogP contribution in [-0.4, -0.2) is 49.8 Å². The molecule has 0 radical (unpaired) electrons. The molecule has 0 aliphatic carbocycles. The van der Waals surface area contributed by atoms with E-state index in [1.165, 1.54) is 5.69 Å². The predicted molar refractivity (Wildman–Crippen MR) is 99.8 cm³/mol. The van der Waals surface area contributed by atoms with Crippen LogP contribution in [0.2, 0.25) is 0 Å². The van der Waals surface area contributed by atoms with Crippen molar-refractivity contribution in [1.82, 2.24) is 4.90 Å². The number of anilines is 2. The third kappa shape index (κ3) is 5.62. The van der Waals surface area contributed by atoms with Crippen molar-refractivity contribution < 1.29 is 9.53 Å². The second-order valence-corrected chi connectivity index (χ2v) is 7.68. The highest BCUT2D eigenvalue weighted by Gasteiger charge is 2.25. The Labute approximate surface area is 146 Å². The summed E-state index contributed by atoms with van der Waals surface area (Å²) in [6.45, 7) is 7.23. The molecule has 134 valence electrons. The Kier molecular flexibility index (Phi) is 5.97. The molecule has 2 rings (SSSR count). The standard InChI is InChI=1S/C19H31N3O2/c1-19(2,3)24-18(23)22-13-6-7-15(12-14-22)20-16-8-10-17(11-9-16)21(4)5/h8-11,15,20H,6-7,12-14H2,1-5H3. The monoisotopic (exact) mass is 333 g/mol. The maximum atomic E-state index is 12.2. The molecule has 1 aromatic rings. The van der Waals surface area contributed by atoms with Crippen LogP contribution in [-0.2, 0) is 4.74 Å². The van der Waals surface area contributed by atoms with Crippen molar-refractivity contribution >= 4 is 17.5 Å². The maximum Gasteiger partial charge on any atom is 0.410 e. The zero-order valence-electron chi connectivity index (χ0n) is 15.6. The number of likely N-dealkylation sites (tertiary alicyclic amines) is 1. The number of ether oxygens (including phenoxy) is 1. The fourth-order valence-electron chi connectivity index (χ4n) is 2.84. The summed E-state index contributed by atoms with van der Waals surface area (Å²) in [4.78, 5) is 16.1. The minimum atomic E-state index is -0.435. The molecule has 1 heterocycles. The molecule has 1 aliphatic heterocycles. The van der Waals surface area contributed by atoms with Crippen LogP contribution in [0.1, 0.15) is 40.0 Å². The smallest absolute Gasteiger partial charge is 0.410 e. The van der Waals surface area contributed by atoms with E-state index in [0.717, 1.165) is 38.0 Å². The number of amides is 1. The van der Waals surface area contributed by atoms with Crippen molar-refractivity contribution in [3.05, 3.63) is 24.3 Å². The lowest BCUT2D eigenvalue weighted by atomic mass is 10.1. The second kappa shape index (κ2) is 7.77. The lowest BCUT2D eigenvalue weighted by molar-refractivity contribution is 0.0256. The summed E-state index contributed by atoms with van der Waals surface area (Å²) >= 11 is 0. The Balaban J connectivity index is 1.87. The Morgan fingerprint density at radius 1 is 1.17 bits per heavy atom. The highest BCUT2D eigenvalue weighted by atomic mass is 16.6. The molecule has 1 unspecified atom stereocenters. The molecule has 1 N–H and O–H groups in total. The van der Waals surface area contributed by atoms with E-state index >= 15 is 0 Å². The summed E-state index contributed by atoms with van der Waals surface area (Å²) in [6, 6.07) is 8.86. The van der Waals surface area contributed by atoms with Gasteiger partial charge in [-0.3, -0.25) is 0 Å². The van der Waals surface area contributed by atoms with Crippen molar-refractivity contribution in [2.45, 2.75) is 51.7 Å². The third-order valence-corrected chi connectivity index (χ3v) is 4.13. The highest BCUT2D eigenvalue weighted by molar-refractivity contribution is 5.68. The Hall–Kier alpha value is -1.91. The molecule has 1 saturated heterocycles. The van der Waals surface area contributed by atoms with Gasteiger partial charge in [0.15, 0.2) is 0 Å². The van der Waals surface area contributed by atoms with E-state index in [9.17, 15) is 4.79 Å². The van der Waals surface area contributed by atoms with Crippen LogP contribution in [0.25, 0.3) is 0 Å². The van der Waals surface area contributed by atoms with E-state index in [2.05, 4.69) is 34.5 Å². The highest BCUT2D eigenvalue weighted by Crippen LogP contribution is 2.21. The molecule has 1 atom stereocenters. The average Bonchev–Trinajstić information content (AvgIpc) is 2.72. The largest absolute Gasteiger partial charge is 0.444 e. The second-order valence-electron chi connectivity index (χ2n) is 7.68. The normalized spacial score (nSPS) is 18.7. The molecule has 1 aliphatic rings. The van der Waals surface area contributed by atoms with Gasteiger partial charge >= 0.3 is 6.09 Å². The topological polar surface area (TPSA) is 44.8 Å². The van der Waals surface area contributed by atoms with Crippen LogP contribution >= 0.6 is 0 Å². The molecule has 24 heavy (non-hydrogen) atoms. The quantitative estimate of drug-likeness (QED) is 0.909. The molecular weight excluding hydrogens is 302 g/mol. The summed E-state index contributed by atoms with van der Waals surface area (Å²) in [5.41, 5.74) is 1.89. The Bertz CT molecular complexity index is 535. The van der Waals surface area contributed by atoms with Gasteiger partial charge < -0.3 is 19.9 Å². The van der Waals surface area contributed by atoms with Crippen molar-refractivity contribution in [3.8, 4) is 0 Å². The lowest BCUT2D eigenvalue weighted by Gasteiger charge is -2.26. The average molecular weight is 333 g/mol. The van der Waals surface area contributed by atoms with E-state index in [0.29, 0.717) is 6.04 Å². The molecule has 1 amide bonds. The molecule has 0 saturated carbocycles. The number of benzene rings is 1. The van der Waals surface area contributed by atoms with Crippen LogP contribution < -0.4 is 10.2 Å². The molecule has 5 heteroatoms. The van der Waals surface area contributed by atoms with Gasteiger partial charge in [-0.25, -0.2) is 4.79 Å². The van der Waals surface area contributed by atoms with Crippen LogP contribution in [0.4, 0.5) is 16.2 Å². The van der Waals surface area contributed by atoms with Gasteiger partial charge in [0.1, 0.15) is 5.60 Å². The zero-order valence-corrected chi connectivity index (χ0v) is 15.6. The minimum absolute atomic E-state index is 0.196. The van der Waals surface area contributed by atoms with Crippen LogP contribution in [0.3, 0.4) is 0 Å². The molecule has 5 nitrogen and oxygen atoms in total.